The second kappa shape index (κ2) is 5.90. The normalized spacial score (nSPS) is 10.6. The van der Waals surface area contributed by atoms with Gasteiger partial charge in [-0.05, 0) is 30.5 Å². The first-order valence-electron chi connectivity index (χ1n) is 5.50. The van der Waals surface area contributed by atoms with Crippen LogP contribution < -0.4 is 4.90 Å². The number of carbonyl (C=O) groups excluding carboxylic acids is 1. The molecule has 0 aromatic heterocycles. The van der Waals surface area contributed by atoms with Gasteiger partial charge in [-0.15, -0.1) is 0 Å². The fourth-order valence-electron chi connectivity index (χ4n) is 1.52. The van der Waals surface area contributed by atoms with E-state index in [1.54, 1.807) is 12.1 Å². The van der Waals surface area contributed by atoms with Gasteiger partial charge in [0, 0.05) is 29.9 Å². The van der Waals surface area contributed by atoms with Gasteiger partial charge in [0.2, 0.25) is 0 Å². The van der Waals surface area contributed by atoms with Crippen LogP contribution in [0.5, 0.6) is 0 Å². The molecule has 2 nitrogen and oxygen atoms in total. The number of benzene rings is 1. The summed E-state index contributed by atoms with van der Waals surface area (Å²) in [6.45, 7) is 5.30. The Morgan fingerprint density at radius 2 is 2.12 bits per heavy atom. The van der Waals surface area contributed by atoms with E-state index in [1.165, 1.54) is 0 Å². The summed E-state index contributed by atoms with van der Waals surface area (Å²) in [5.41, 5.74) is 1.60. The van der Waals surface area contributed by atoms with Crippen molar-refractivity contribution in [3.8, 4) is 0 Å². The monoisotopic (exact) mass is 239 g/mol. The van der Waals surface area contributed by atoms with Crippen LogP contribution in [0.3, 0.4) is 0 Å². The third-order valence-corrected chi connectivity index (χ3v) is 2.81. The molecule has 0 unspecified atom stereocenters. The van der Waals surface area contributed by atoms with Crippen molar-refractivity contribution in [2.24, 2.45) is 5.92 Å². The number of nitrogens with zero attached hydrogens (tertiary/aromatic N) is 1. The Balaban J connectivity index is 2.84. The van der Waals surface area contributed by atoms with E-state index < -0.39 is 0 Å². The predicted octanol–water partition coefficient (Wildman–Crippen LogP) is 3.63. The lowest BCUT2D eigenvalue weighted by molar-refractivity contribution is 0.112. The fourth-order valence-corrected chi connectivity index (χ4v) is 1.69. The van der Waals surface area contributed by atoms with Crippen LogP contribution in [0, 0.1) is 5.92 Å². The van der Waals surface area contributed by atoms with Crippen LogP contribution in [-0.2, 0) is 0 Å². The minimum Gasteiger partial charge on any atom is -0.374 e. The summed E-state index contributed by atoms with van der Waals surface area (Å²) in [6, 6.07) is 5.34. The lowest BCUT2D eigenvalue weighted by Crippen LogP contribution is -2.21. The topological polar surface area (TPSA) is 20.3 Å². The van der Waals surface area contributed by atoms with Crippen molar-refractivity contribution in [1.29, 1.82) is 0 Å². The Morgan fingerprint density at radius 3 is 2.69 bits per heavy atom. The third-order valence-electron chi connectivity index (χ3n) is 2.57. The molecule has 3 heteroatoms. The van der Waals surface area contributed by atoms with E-state index in [2.05, 4.69) is 18.7 Å². The molecule has 0 bridgehead atoms. The van der Waals surface area contributed by atoms with Crippen molar-refractivity contribution >= 4 is 23.6 Å². The fraction of sp³-hybridized carbons (Fsp3) is 0.462. The van der Waals surface area contributed by atoms with Crippen molar-refractivity contribution in [3.63, 3.8) is 0 Å². The predicted molar refractivity (Wildman–Crippen MR) is 69.6 cm³/mol. The number of halogens is 1. The van der Waals surface area contributed by atoms with E-state index in [-0.39, 0.29) is 0 Å². The van der Waals surface area contributed by atoms with Gasteiger partial charge in [0.05, 0.1) is 0 Å². The van der Waals surface area contributed by atoms with Crippen molar-refractivity contribution in [2.75, 3.05) is 18.5 Å². The summed E-state index contributed by atoms with van der Waals surface area (Å²) in [5, 5.41) is 0.664. The highest BCUT2D eigenvalue weighted by Crippen LogP contribution is 2.23. The van der Waals surface area contributed by atoms with Crippen LogP contribution in [0.15, 0.2) is 18.2 Å². The summed E-state index contributed by atoms with van der Waals surface area (Å²) in [6.07, 6.45) is 1.97. The number of aldehydes is 1. The highest BCUT2D eigenvalue weighted by atomic mass is 35.5. The average molecular weight is 240 g/mol. The maximum absolute atomic E-state index is 10.9. The minimum atomic E-state index is 0.654. The van der Waals surface area contributed by atoms with E-state index in [1.807, 2.05) is 13.1 Å². The molecule has 0 fully saturated rings. The molecule has 0 saturated carbocycles. The summed E-state index contributed by atoms with van der Waals surface area (Å²) in [5.74, 6) is 0.654. The van der Waals surface area contributed by atoms with E-state index in [0.717, 1.165) is 24.9 Å². The van der Waals surface area contributed by atoms with Crippen LogP contribution in [0.4, 0.5) is 5.69 Å². The number of anilines is 1. The molecule has 0 radical (unpaired) electrons. The van der Waals surface area contributed by atoms with Gasteiger partial charge >= 0.3 is 0 Å². The summed E-state index contributed by atoms with van der Waals surface area (Å²) < 4.78 is 0. The highest BCUT2D eigenvalue weighted by molar-refractivity contribution is 6.31. The molecule has 16 heavy (non-hydrogen) atoms. The molecule has 1 rings (SSSR count). The molecule has 0 aliphatic carbocycles. The average Bonchev–Trinajstić information content (AvgIpc) is 2.25. The molecular weight excluding hydrogens is 222 g/mol. The van der Waals surface area contributed by atoms with Gasteiger partial charge in [0.25, 0.3) is 0 Å². The number of rotatable bonds is 5. The van der Waals surface area contributed by atoms with Gasteiger partial charge in [-0.2, -0.15) is 0 Å². The minimum absolute atomic E-state index is 0.654. The molecule has 0 aliphatic heterocycles. The molecule has 0 N–H and O–H groups in total. The number of carbonyl (C=O) groups is 1. The standard InChI is InChI=1S/C13H18ClNO/c1-10(2)6-7-15(3)13-8-12(14)5-4-11(13)9-16/h4-5,8-10H,6-7H2,1-3H3. The Labute approximate surface area is 102 Å². The zero-order chi connectivity index (χ0) is 12.1. The zero-order valence-corrected chi connectivity index (χ0v) is 10.8. The van der Waals surface area contributed by atoms with Crippen LogP contribution in [0.1, 0.15) is 30.6 Å². The van der Waals surface area contributed by atoms with Crippen LogP contribution >= 0.6 is 11.6 Å². The van der Waals surface area contributed by atoms with Crippen molar-refractivity contribution in [2.45, 2.75) is 20.3 Å². The summed E-state index contributed by atoms with van der Waals surface area (Å²) in [4.78, 5) is 13.0. The van der Waals surface area contributed by atoms with Crippen LogP contribution in [0.25, 0.3) is 0 Å². The highest BCUT2D eigenvalue weighted by Gasteiger charge is 2.08. The van der Waals surface area contributed by atoms with Gasteiger partial charge in [-0.1, -0.05) is 25.4 Å². The van der Waals surface area contributed by atoms with E-state index in [9.17, 15) is 4.79 Å². The van der Waals surface area contributed by atoms with Gasteiger partial charge < -0.3 is 4.90 Å². The molecule has 0 aliphatic rings. The quantitative estimate of drug-likeness (QED) is 0.732. The van der Waals surface area contributed by atoms with Gasteiger partial charge in [0.15, 0.2) is 6.29 Å². The van der Waals surface area contributed by atoms with E-state index >= 15 is 0 Å². The first-order valence-corrected chi connectivity index (χ1v) is 5.88. The third kappa shape index (κ3) is 3.53. The Morgan fingerprint density at radius 1 is 1.44 bits per heavy atom. The molecular formula is C13H18ClNO. The smallest absolute Gasteiger partial charge is 0.152 e. The molecule has 0 saturated heterocycles. The molecule has 88 valence electrons. The first kappa shape index (κ1) is 13.0. The van der Waals surface area contributed by atoms with Crippen molar-refractivity contribution < 1.29 is 4.79 Å². The van der Waals surface area contributed by atoms with E-state index in [4.69, 9.17) is 11.6 Å². The van der Waals surface area contributed by atoms with Gasteiger partial charge in [-0.25, -0.2) is 0 Å². The molecule has 1 aromatic carbocycles. The number of hydrogen-bond donors (Lipinski definition) is 0. The molecule has 0 spiro atoms. The lowest BCUT2D eigenvalue weighted by atomic mass is 10.1. The largest absolute Gasteiger partial charge is 0.374 e. The molecule has 0 amide bonds. The maximum atomic E-state index is 10.9. The summed E-state index contributed by atoms with van der Waals surface area (Å²) >= 11 is 5.94. The SMILES string of the molecule is CC(C)CCN(C)c1cc(Cl)ccc1C=O. The Kier molecular flexibility index (Phi) is 4.81. The van der Waals surface area contributed by atoms with Crippen LogP contribution in [0.2, 0.25) is 5.02 Å². The first-order chi connectivity index (χ1) is 7.54. The van der Waals surface area contributed by atoms with Crippen LogP contribution in [-0.4, -0.2) is 19.9 Å². The molecule has 1 aromatic rings. The van der Waals surface area contributed by atoms with Crippen molar-refractivity contribution in [3.05, 3.63) is 28.8 Å². The Bertz CT molecular complexity index is 363. The molecule has 0 heterocycles. The number of hydrogen-bond acceptors (Lipinski definition) is 2. The lowest BCUT2D eigenvalue weighted by Gasteiger charge is -2.22. The van der Waals surface area contributed by atoms with Crippen molar-refractivity contribution in [1.82, 2.24) is 0 Å². The Hall–Kier alpha value is -1.02. The van der Waals surface area contributed by atoms with E-state index in [0.29, 0.717) is 16.5 Å². The maximum Gasteiger partial charge on any atom is 0.152 e. The second-order valence-electron chi connectivity index (χ2n) is 4.43. The van der Waals surface area contributed by atoms with Gasteiger partial charge in [-0.3, -0.25) is 4.79 Å². The summed E-state index contributed by atoms with van der Waals surface area (Å²) in [7, 11) is 1.99. The zero-order valence-electron chi connectivity index (χ0n) is 10.0. The van der Waals surface area contributed by atoms with Gasteiger partial charge in [0.1, 0.15) is 0 Å². The second-order valence-corrected chi connectivity index (χ2v) is 4.86. The molecule has 0 atom stereocenters.